The zero-order chi connectivity index (χ0) is 13.7. The van der Waals surface area contributed by atoms with Crippen LogP contribution in [0.4, 0.5) is 5.95 Å². The molecule has 2 N–H and O–H groups in total. The molecular formula is C15H10ClN3S. The van der Waals surface area contributed by atoms with Crippen molar-refractivity contribution in [3.63, 3.8) is 0 Å². The van der Waals surface area contributed by atoms with E-state index in [9.17, 15) is 0 Å². The minimum Gasteiger partial charge on any atom is -0.369 e. The van der Waals surface area contributed by atoms with Crippen molar-refractivity contribution in [2.45, 2.75) is 0 Å². The number of anilines is 1. The maximum absolute atomic E-state index is 6.08. The van der Waals surface area contributed by atoms with Crippen LogP contribution in [0.5, 0.6) is 0 Å². The fourth-order valence-corrected chi connectivity index (χ4v) is 3.37. The van der Waals surface area contributed by atoms with E-state index >= 15 is 0 Å². The number of benzene rings is 2. The van der Waals surface area contributed by atoms with E-state index in [1.807, 2.05) is 22.8 Å². The van der Waals surface area contributed by atoms with Crippen LogP contribution >= 0.6 is 22.9 Å². The molecule has 2 aromatic heterocycles. The zero-order valence-corrected chi connectivity index (χ0v) is 11.9. The fourth-order valence-electron chi connectivity index (χ4n) is 2.43. The fraction of sp³-hybridized carbons (Fsp3) is 0. The van der Waals surface area contributed by atoms with Gasteiger partial charge in [-0.05, 0) is 53.2 Å². The Labute approximate surface area is 124 Å². The first-order valence-electron chi connectivity index (χ1n) is 6.13. The van der Waals surface area contributed by atoms with E-state index in [2.05, 4.69) is 34.6 Å². The van der Waals surface area contributed by atoms with Crippen LogP contribution in [0.3, 0.4) is 0 Å². The van der Waals surface area contributed by atoms with E-state index in [-0.39, 0.29) is 0 Å². The largest absolute Gasteiger partial charge is 0.369 e. The summed E-state index contributed by atoms with van der Waals surface area (Å²) in [5.41, 5.74) is 8.83. The second-order valence-electron chi connectivity index (χ2n) is 4.58. The van der Waals surface area contributed by atoms with Crippen LogP contribution < -0.4 is 5.73 Å². The Kier molecular flexibility index (Phi) is 2.49. The first kappa shape index (κ1) is 11.8. The second-order valence-corrected chi connectivity index (χ2v) is 5.97. The molecule has 20 heavy (non-hydrogen) atoms. The van der Waals surface area contributed by atoms with Crippen molar-refractivity contribution in [3.8, 4) is 5.69 Å². The zero-order valence-electron chi connectivity index (χ0n) is 10.4. The SMILES string of the molecule is Nc1nc2ccc(Cl)cc2n1-c1ccc2sccc2c1. The summed E-state index contributed by atoms with van der Waals surface area (Å²) in [5, 5.41) is 3.96. The predicted octanol–water partition coefficient (Wildman–Crippen LogP) is 4.48. The second kappa shape index (κ2) is 4.23. The highest BCUT2D eigenvalue weighted by Gasteiger charge is 2.11. The lowest BCUT2D eigenvalue weighted by Gasteiger charge is -2.07. The van der Waals surface area contributed by atoms with Crippen LogP contribution in [-0.4, -0.2) is 9.55 Å². The molecule has 4 aromatic rings. The molecule has 0 aliphatic carbocycles. The van der Waals surface area contributed by atoms with Crippen molar-refractivity contribution in [2.75, 3.05) is 5.73 Å². The molecule has 0 aliphatic rings. The number of halogens is 1. The van der Waals surface area contributed by atoms with Gasteiger partial charge in [0.1, 0.15) is 0 Å². The van der Waals surface area contributed by atoms with Gasteiger partial charge in [0, 0.05) is 15.4 Å². The number of aromatic nitrogens is 2. The number of fused-ring (bicyclic) bond motifs is 2. The van der Waals surface area contributed by atoms with Gasteiger partial charge in [-0.2, -0.15) is 0 Å². The molecule has 0 fully saturated rings. The van der Waals surface area contributed by atoms with Gasteiger partial charge in [0.2, 0.25) is 5.95 Å². The van der Waals surface area contributed by atoms with Gasteiger partial charge in [0.15, 0.2) is 0 Å². The summed E-state index contributed by atoms with van der Waals surface area (Å²) in [5.74, 6) is 0.469. The van der Waals surface area contributed by atoms with Crippen molar-refractivity contribution >= 4 is 50.0 Å². The van der Waals surface area contributed by atoms with Crippen molar-refractivity contribution in [1.82, 2.24) is 9.55 Å². The van der Waals surface area contributed by atoms with E-state index in [4.69, 9.17) is 17.3 Å². The smallest absolute Gasteiger partial charge is 0.205 e. The Morgan fingerprint density at radius 3 is 2.90 bits per heavy atom. The van der Waals surface area contributed by atoms with Crippen LogP contribution in [0.2, 0.25) is 5.02 Å². The number of imidazole rings is 1. The van der Waals surface area contributed by atoms with Gasteiger partial charge in [-0.15, -0.1) is 11.3 Å². The summed E-state index contributed by atoms with van der Waals surface area (Å²) in [7, 11) is 0. The third kappa shape index (κ3) is 1.69. The first-order valence-corrected chi connectivity index (χ1v) is 7.39. The topological polar surface area (TPSA) is 43.8 Å². The van der Waals surface area contributed by atoms with Crippen molar-refractivity contribution < 1.29 is 0 Å². The Morgan fingerprint density at radius 1 is 1.10 bits per heavy atom. The van der Waals surface area contributed by atoms with Crippen molar-refractivity contribution in [2.24, 2.45) is 0 Å². The van der Waals surface area contributed by atoms with Crippen LogP contribution in [0.25, 0.3) is 26.8 Å². The van der Waals surface area contributed by atoms with Gasteiger partial charge in [0.25, 0.3) is 0 Å². The molecule has 5 heteroatoms. The Hall–Kier alpha value is -2.04. The van der Waals surface area contributed by atoms with Gasteiger partial charge < -0.3 is 5.73 Å². The molecular weight excluding hydrogens is 290 g/mol. The highest BCUT2D eigenvalue weighted by molar-refractivity contribution is 7.17. The predicted molar refractivity (Wildman–Crippen MR) is 85.9 cm³/mol. The van der Waals surface area contributed by atoms with Gasteiger partial charge in [-0.25, -0.2) is 4.98 Å². The maximum atomic E-state index is 6.08. The standard InChI is InChI=1S/C15H10ClN3S/c16-10-1-3-12-13(8-10)19(15(17)18-12)11-2-4-14-9(7-11)5-6-20-14/h1-8H,(H2,17,18). The van der Waals surface area contributed by atoms with Crippen molar-refractivity contribution in [3.05, 3.63) is 52.9 Å². The van der Waals surface area contributed by atoms with Crippen LogP contribution in [-0.2, 0) is 0 Å². The molecule has 0 saturated carbocycles. The summed E-state index contributed by atoms with van der Waals surface area (Å²) in [4.78, 5) is 4.38. The highest BCUT2D eigenvalue weighted by Crippen LogP contribution is 2.29. The highest BCUT2D eigenvalue weighted by atomic mass is 35.5. The summed E-state index contributed by atoms with van der Waals surface area (Å²) in [6.45, 7) is 0. The van der Waals surface area contributed by atoms with E-state index < -0.39 is 0 Å². The number of hydrogen-bond acceptors (Lipinski definition) is 3. The molecule has 0 amide bonds. The summed E-state index contributed by atoms with van der Waals surface area (Å²) in [6, 6.07) is 14.0. The minimum absolute atomic E-state index is 0.469. The summed E-state index contributed by atoms with van der Waals surface area (Å²) < 4.78 is 3.19. The first-order chi connectivity index (χ1) is 9.72. The van der Waals surface area contributed by atoms with Crippen LogP contribution in [0.1, 0.15) is 0 Å². The number of thiophene rings is 1. The van der Waals surface area contributed by atoms with Crippen molar-refractivity contribution in [1.29, 1.82) is 0 Å². The number of nitrogen functional groups attached to an aromatic ring is 1. The lowest BCUT2D eigenvalue weighted by Crippen LogP contribution is -2.00. The van der Waals surface area contributed by atoms with Crippen LogP contribution in [0.15, 0.2) is 47.8 Å². The summed E-state index contributed by atoms with van der Waals surface area (Å²) >= 11 is 7.81. The molecule has 4 rings (SSSR count). The third-order valence-corrected chi connectivity index (χ3v) is 4.47. The molecule has 0 atom stereocenters. The number of nitrogens with two attached hydrogens (primary N) is 1. The lowest BCUT2D eigenvalue weighted by molar-refractivity contribution is 1.11. The molecule has 2 aromatic carbocycles. The quantitative estimate of drug-likeness (QED) is 0.563. The molecule has 0 spiro atoms. The maximum Gasteiger partial charge on any atom is 0.205 e. The average Bonchev–Trinajstić information content (AvgIpc) is 3.00. The average molecular weight is 300 g/mol. The lowest BCUT2D eigenvalue weighted by atomic mass is 10.2. The number of rotatable bonds is 1. The molecule has 0 unspecified atom stereocenters. The molecule has 0 radical (unpaired) electrons. The van der Waals surface area contributed by atoms with E-state index in [1.165, 1.54) is 10.1 Å². The number of hydrogen-bond donors (Lipinski definition) is 1. The van der Waals surface area contributed by atoms with Gasteiger partial charge in [-0.3, -0.25) is 4.57 Å². The van der Waals surface area contributed by atoms with E-state index in [1.54, 1.807) is 11.3 Å². The third-order valence-electron chi connectivity index (χ3n) is 3.34. The summed E-state index contributed by atoms with van der Waals surface area (Å²) in [6.07, 6.45) is 0. The molecule has 98 valence electrons. The molecule has 3 nitrogen and oxygen atoms in total. The van der Waals surface area contributed by atoms with E-state index in [0.717, 1.165) is 16.7 Å². The van der Waals surface area contributed by atoms with E-state index in [0.29, 0.717) is 11.0 Å². The monoisotopic (exact) mass is 299 g/mol. The molecule has 0 saturated heterocycles. The molecule has 0 aliphatic heterocycles. The van der Waals surface area contributed by atoms with Gasteiger partial charge in [-0.1, -0.05) is 11.6 Å². The molecule has 2 heterocycles. The Morgan fingerprint density at radius 2 is 2.00 bits per heavy atom. The van der Waals surface area contributed by atoms with Gasteiger partial charge in [0.05, 0.1) is 11.0 Å². The Balaban J connectivity index is 2.05. The normalized spacial score (nSPS) is 11.4. The van der Waals surface area contributed by atoms with Crippen LogP contribution in [0, 0.1) is 0 Å². The number of nitrogens with zero attached hydrogens (tertiary/aromatic N) is 2. The molecule has 0 bridgehead atoms. The van der Waals surface area contributed by atoms with Gasteiger partial charge >= 0.3 is 0 Å². The minimum atomic E-state index is 0.469. The Bertz CT molecular complexity index is 939.